The number of nitrogens with zero attached hydrogens (tertiary/aromatic N) is 1. The first-order valence-electron chi connectivity index (χ1n) is 7.41. The van der Waals surface area contributed by atoms with E-state index in [9.17, 15) is 0 Å². The summed E-state index contributed by atoms with van der Waals surface area (Å²) in [5.41, 5.74) is 2.45. The molecule has 3 nitrogen and oxygen atoms in total. The Morgan fingerprint density at radius 3 is 1.91 bits per heavy atom. The van der Waals surface area contributed by atoms with E-state index in [0.717, 1.165) is 30.2 Å². The van der Waals surface area contributed by atoms with Gasteiger partial charge in [0.05, 0.1) is 25.3 Å². The van der Waals surface area contributed by atoms with Crippen LogP contribution in [0.3, 0.4) is 0 Å². The largest absolute Gasteiger partial charge is 0.497 e. The summed E-state index contributed by atoms with van der Waals surface area (Å²) in [6.45, 7) is 1.00. The lowest BCUT2D eigenvalue weighted by atomic mass is 10.1. The smallest absolute Gasteiger partial charge is 0.120 e. The maximum absolute atomic E-state index is 5.40. The number of ether oxygens (including phenoxy) is 2. The maximum atomic E-state index is 5.40. The van der Waals surface area contributed by atoms with Crippen molar-refractivity contribution in [1.82, 2.24) is 4.57 Å². The number of thioether (sulfide) groups is 1. The first-order valence-corrected chi connectivity index (χ1v) is 8.81. The summed E-state index contributed by atoms with van der Waals surface area (Å²) < 4.78 is 13.2. The van der Waals surface area contributed by atoms with Crippen LogP contribution in [0.25, 0.3) is 21.8 Å². The molecular formula is C18H21NO2S. The third-order valence-corrected chi connectivity index (χ3v) is 4.71. The predicted molar refractivity (Wildman–Crippen MR) is 95.5 cm³/mol. The lowest BCUT2D eigenvalue weighted by Crippen LogP contribution is -1.99. The molecule has 4 heteroatoms. The Kier molecular flexibility index (Phi) is 4.48. The molecule has 0 saturated carbocycles. The Bertz CT molecular complexity index is 733. The fourth-order valence-corrected chi connectivity index (χ4v) is 3.33. The molecule has 0 amide bonds. The van der Waals surface area contributed by atoms with Crippen molar-refractivity contribution >= 4 is 33.6 Å². The van der Waals surface area contributed by atoms with Crippen LogP contribution >= 0.6 is 11.8 Å². The van der Waals surface area contributed by atoms with E-state index in [1.54, 1.807) is 14.2 Å². The Morgan fingerprint density at radius 1 is 0.909 bits per heavy atom. The standard InChI is InChI=1S/C18H21NO2S/c1-20-13-5-7-15-16-8-6-14(21-2)12-18(16)19(17(15)11-13)9-4-10-22-3/h5-8,11-12H,4,9-10H2,1-3H3. The average Bonchev–Trinajstić information content (AvgIpc) is 2.87. The van der Waals surface area contributed by atoms with E-state index in [0.29, 0.717) is 0 Å². The lowest BCUT2D eigenvalue weighted by Gasteiger charge is -2.08. The summed E-state index contributed by atoms with van der Waals surface area (Å²) in [6.07, 6.45) is 3.30. The summed E-state index contributed by atoms with van der Waals surface area (Å²) >= 11 is 1.89. The molecule has 0 N–H and O–H groups in total. The zero-order valence-electron chi connectivity index (χ0n) is 13.3. The van der Waals surface area contributed by atoms with E-state index in [2.05, 4.69) is 35.1 Å². The molecule has 116 valence electrons. The SMILES string of the molecule is COc1ccc2c3ccc(OC)cc3n(CCCSC)c2c1. The molecule has 3 aromatic rings. The van der Waals surface area contributed by atoms with Crippen molar-refractivity contribution in [2.75, 3.05) is 26.2 Å². The maximum Gasteiger partial charge on any atom is 0.120 e. The van der Waals surface area contributed by atoms with Gasteiger partial charge in [-0.3, -0.25) is 0 Å². The number of aromatic nitrogens is 1. The fourth-order valence-electron chi connectivity index (χ4n) is 2.92. The van der Waals surface area contributed by atoms with Gasteiger partial charge >= 0.3 is 0 Å². The highest BCUT2D eigenvalue weighted by molar-refractivity contribution is 7.98. The van der Waals surface area contributed by atoms with Crippen molar-refractivity contribution in [3.63, 3.8) is 0 Å². The quantitative estimate of drug-likeness (QED) is 0.623. The molecule has 1 aromatic heterocycles. The molecule has 0 aliphatic heterocycles. The van der Waals surface area contributed by atoms with Gasteiger partial charge in [0.25, 0.3) is 0 Å². The topological polar surface area (TPSA) is 23.4 Å². The minimum Gasteiger partial charge on any atom is -0.497 e. The van der Waals surface area contributed by atoms with Gasteiger partial charge in [0.15, 0.2) is 0 Å². The van der Waals surface area contributed by atoms with Crippen LogP contribution in [0.15, 0.2) is 36.4 Å². The minimum absolute atomic E-state index is 0.897. The Hall–Kier alpha value is -1.81. The van der Waals surface area contributed by atoms with Gasteiger partial charge in [0.1, 0.15) is 11.5 Å². The molecule has 0 aliphatic carbocycles. The molecule has 0 aliphatic rings. The number of methoxy groups -OCH3 is 2. The molecule has 3 rings (SSSR count). The van der Waals surface area contributed by atoms with Gasteiger partial charge in [-0.15, -0.1) is 0 Å². The van der Waals surface area contributed by atoms with Gasteiger partial charge in [0, 0.05) is 29.4 Å². The number of benzene rings is 2. The first kappa shape index (κ1) is 15.1. The molecule has 0 fully saturated rings. The zero-order valence-corrected chi connectivity index (χ0v) is 14.1. The van der Waals surface area contributed by atoms with Crippen LogP contribution in [0.1, 0.15) is 6.42 Å². The Labute approximate surface area is 135 Å². The van der Waals surface area contributed by atoms with Crippen molar-refractivity contribution in [3.8, 4) is 11.5 Å². The van der Waals surface area contributed by atoms with Crippen LogP contribution in [0.5, 0.6) is 11.5 Å². The number of hydrogen-bond donors (Lipinski definition) is 0. The van der Waals surface area contributed by atoms with Crippen molar-refractivity contribution < 1.29 is 9.47 Å². The van der Waals surface area contributed by atoms with Crippen molar-refractivity contribution in [2.45, 2.75) is 13.0 Å². The van der Waals surface area contributed by atoms with Crippen LogP contribution in [0.2, 0.25) is 0 Å². The van der Waals surface area contributed by atoms with E-state index in [-0.39, 0.29) is 0 Å². The van der Waals surface area contributed by atoms with Crippen molar-refractivity contribution in [1.29, 1.82) is 0 Å². The highest BCUT2D eigenvalue weighted by Crippen LogP contribution is 2.33. The summed E-state index contributed by atoms with van der Waals surface area (Å²) in [5.74, 6) is 2.96. The molecule has 0 atom stereocenters. The number of aryl methyl sites for hydroxylation is 1. The summed E-state index contributed by atoms with van der Waals surface area (Å²) in [5, 5.41) is 2.53. The van der Waals surface area contributed by atoms with Crippen molar-refractivity contribution in [2.24, 2.45) is 0 Å². The molecular weight excluding hydrogens is 294 g/mol. The average molecular weight is 315 g/mol. The van der Waals surface area contributed by atoms with Gasteiger partial charge in [-0.2, -0.15) is 11.8 Å². The van der Waals surface area contributed by atoms with E-state index in [1.165, 1.54) is 21.8 Å². The highest BCUT2D eigenvalue weighted by Gasteiger charge is 2.12. The van der Waals surface area contributed by atoms with Gasteiger partial charge < -0.3 is 14.0 Å². The van der Waals surface area contributed by atoms with E-state index in [4.69, 9.17) is 9.47 Å². The molecule has 0 radical (unpaired) electrons. The van der Waals surface area contributed by atoms with Gasteiger partial charge in [-0.1, -0.05) is 0 Å². The molecule has 1 heterocycles. The zero-order chi connectivity index (χ0) is 15.5. The number of hydrogen-bond acceptors (Lipinski definition) is 3. The van der Waals surface area contributed by atoms with E-state index >= 15 is 0 Å². The van der Waals surface area contributed by atoms with Crippen LogP contribution < -0.4 is 9.47 Å². The van der Waals surface area contributed by atoms with Crippen LogP contribution in [-0.4, -0.2) is 30.8 Å². The van der Waals surface area contributed by atoms with Crippen LogP contribution in [0, 0.1) is 0 Å². The van der Waals surface area contributed by atoms with Crippen LogP contribution in [-0.2, 0) is 6.54 Å². The second-order valence-electron chi connectivity index (χ2n) is 5.26. The van der Waals surface area contributed by atoms with Gasteiger partial charge in [0.2, 0.25) is 0 Å². The third kappa shape index (κ3) is 2.63. The normalized spacial score (nSPS) is 11.2. The van der Waals surface area contributed by atoms with Crippen LogP contribution in [0.4, 0.5) is 0 Å². The molecule has 0 unspecified atom stereocenters. The monoisotopic (exact) mass is 315 g/mol. The Morgan fingerprint density at radius 2 is 1.45 bits per heavy atom. The predicted octanol–water partition coefficient (Wildman–Crippen LogP) is 4.56. The fraction of sp³-hybridized carbons (Fsp3) is 0.333. The van der Waals surface area contributed by atoms with Gasteiger partial charge in [-0.05, 0) is 42.7 Å². The summed E-state index contributed by atoms with van der Waals surface area (Å²) in [7, 11) is 3.43. The molecule has 0 bridgehead atoms. The highest BCUT2D eigenvalue weighted by atomic mass is 32.2. The van der Waals surface area contributed by atoms with E-state index in [1.807, 2.05) is 23.9 Å². The summed E-state index contributed by atoms with van der Waals surface area (Å²) in [4.78, 5) is 0. The first-order chi connectivity index (χ1) is 10.8. The molecule has 2 aromatic carbocycles. The van der Waals surface area contributed by atoms with E-state index < -0.39 is 0 Å². The van der Waals surface area contributed by atoms with Gasteiger partial charge in [-0.25, -0.2) is 0 Å². The second kappa shape index (κ2) is 6.53. The second-order valence-corrected chi connectivity index (χ2v) is 6.25. The Balaban J connectivity index is 2.22. The summed E-state index contributed by atoms with van der Waals surface area (Å²) in [6, 6.07) is 12.6. The number of fused-ring (bicyclic) bond motifs is 3. The molecule has 0 spiro atoms. The van der Waals surface area contributed by atoms with Crippen molar-refractivity contribution in [3.05, 3.63) is 36.4 Å². The lowest BCUT2D eigenvalue weighted by molar-refractivity contribution is 0.415. The molecule has 0 saturated heterocycles. The number of rotatable bonds is 6. The third-order valence-electron chi connectivity index (χ3n) is 4.01. The molecule has 22 heavy (non-hydrogen) atoms. The minimum atomic E-state index is 0.897.